The highest BCUT2D eigenvalue weighted by Gasteiger charge is 2.21. The molecule has 2 aromatic carbocycles. The predicted octanol–water partition coefficient (Wildman–Crippen LogP) is 4.53. The number of ether oxygens (including phenoxy) is 1. The Bertz CT molecular complexity index is 989. The molecule has 1 aliphatic heterocycles. The van der Waals surface area contributed by atoms with Gasteiger partial charge in [0.15, 0.2) is 0 Å². The first-order chi connectivity index (χ1) is 13.1. The number of aromatic amines is 1. The van der Waals surface area contributed by atoms with Crippen molar-refractivity contribution in [2.75, 3.05) is 13.1 Å². The highest BCUT2D eigenvalue weighted by atomic mass is 35.5. The van der Waals surface area contributed by atoms with Crippen molar-refractivity contribution in [2.45, 2.75) is 32.4 Å². The van der Waals surface area contributed by atoms with Crippen LogP contribution in [0.3, 0.4) is 0 Å². The minimum Gasteiger partial charge on any atom is -0.489 e. The third-order valence-electron chi connectivity index (χ3n) is 5.18. The first-order valence-electron chi connectivity index (χ1n) is 9.34. The Labute approximate surface area is 163 Å². The number of halogens is 1. The van der Waals surface area contributed by atoms with Crippen LogP contribution >= 0.6 is 11.6 Å². The zero-order chi connectivity index (χ0) is 18.8. The first kappa shape index (κ1) is 18.1. The molecule has 2 heterocycles. The van der Waals surface area contributed by atoms with E-state index >= 15 is 0 Å². The molecule has 0 aliphatic carbocycles. The predicted molar refractivity (Wildman–Crippen MR) is 110 cm³/mol. The van der Waals surface area contributed by atoms with E-state index in [0.717, 1.165) is 37.9 Å². The molecule has 1 aromatic heterocycles. The molecule has 5 heteroatoms. The lowest BCUT2D eigenvalue weighted by atomic mass is 10.1. The fourth-order valence-corrected chi connectivity index (χ4v) is 3.80. The molecule has 0 spiro atoms. The van der Waals surface area contributed by atoms with Crippen LogP contribution in [0, 0.1) is 6.92 Å². The van der Waals surface area contributed by atoms with E-state index in [2.05, 4.69) is 41.1 Å². The Morgan fingerprint density at radius 2 is 1.89 bits per heavy atom. The van der Waals surface area contributed by atoms with Gasteiger partial charge in [-0.2, -0.15) is 0 Å². The third-order valence-corrected chi connectivity index (χ3v) is 5.48. The van der Waals surface area contributed by atoms with Gasteiger partial charge in [-0.05, 0) is 48.9 Å². The van der Waals surface area contributed by atoms with Gasteiger partial charge in [-0.3, -0.25) is 9.69 Å². The van der Waals surface area contributed by atoms with E-state index in [9.17, 15) is 4.79 Å². The van der Waals surface area contributed by atoms with Crippen LogP contribution in [0.15, 0.2) is 53.5 Å². The second kappa shape index (κ2) is 7.75. The number of fused-ring (bicyclic) bond motifs is 1. The highest BCUT2D eigenvalue weighted by molar-refractivity contribution is 6.32. The molecule has 0 atom stereocenters. The van der Waals surface area contributed by atoms with Crippen LogP contribution in [0.25, 0.3) is 10.8 Å². The van der Waals surface area contributed by atoms with Crippen LogP contribution in [0.5, 0.6) is 5.75 Å². The van der Waals surface area contributed by atoms with Gasteiger partial charge in [0.25, 0.3) is 5.56 Å². The largest absolute Gasteiger partial charge is 0.489 e. The topological polar surface area (TPSA) is 45.3 Å². The van der Waals surface area contributed by atoms with Crippen molar-refractivity contribution < 1.29 is 4.74 Å². The van der Waals surface area contributed by atoms with Crippen LogP contribution in [0.1, 0.15) is 24.0 Å². The molecule has 0 amide bonds. The molecule has 3 aromatic rings. The Kier molecular flexibility index (Phi) is 5.19. The summed E-state index contributed by atoms with van der Waals surface area (Å²) in [5, 5.41) is 1.92. The number of nitrogens with zero attached hydrogens (tertiary/aromatic N) is 1. The number of nitrogens with one attached hydrogen (secondary N) is 1. The number of likely N-dealkylation sites (tertiary alicyclic amines) is 1. The monoisotopic (exact) mass is 382 g/mol. The van der Waals surface area contributed by atoms with Gasteiger partial charge in [0.05, 0.1) is 5.02 Å². The van der Waals surface area contributed by atoms with Gasteiger partial charge in [-0.1, -0.05) is 41.4 Å². The standard InChI is InChI=1S/C22H23ClN2O2/c1-15-2-4-16(5-3-15)14-25-10-7-18(8-11-25)27-21-12-17-6-9-24-22(26)19(17)13-20(21)23/h2-6,9,12-13,18H,7-8,10-11,14H2,1H3,(H,24,26). The van der Waals surface area contributed by atoms with E-state index in [0.29, 0.717) is 16.2 Å². The molecule has 1 N–H and O–H groups in total. The molecule has 4 rings (SSSR count). The lowest BCUT2D eigenvalue weighted by Gasteiger charge is -2.32. The Balaban J connectivity index is 1.39. The first-order valence-corrected chi connectivity index (χ1v) is 9.72. The highest BCUT2D eigenvalue weighted by Crippen LogP contribution is 2.31. The molecule has 1 aliphatic rings. The molecule has 4 nitrogen and oxygen atoms in total. The molecule has 0 saturated carbocycles. The summed E-state index contributed by atoms with van der Waals surface area (Å²) in [6.45, 7) is 5.10. The number of pyridine rings is 1. The molecular weight excluding hydrogens is 360 g/mol. The van der Waals surface area contributed by atoms with Crippen LogP contribution in [-0.4, -0.2) is 29.1 Å². The molecule has 27 heavy (non-hydrogen) atoms. The van der Waals surface area contributed by atoms with Gasteiger partial charge < -0.3 is 9.72 Å². The van der Waals surface area contributed by atoms with Crippen molar-refractivity contribution in [1.29, 1.82) is 0 Å². The van der Waals surface area contributed by atoms with E-state index in [1.807, 2.05) is 12.1 Å². The Hall–Kier alpha value is -2.30. The third kappa shape index (κ3) is 4.18. The number of piperidine rings is 1. The molecule has 1 fully saturated rings. The van der Waals surface area contributed by atoms with Crippen LogP contribution < -0.4 is 10.3 Å². The molecular formula is C22H23ClN2O2. The number of aromatic nitrogens is 1. The summed E-state index contributed by atoms with van der Waals surface area (Å²) in [5.41, 5.74) is 2.51. The van der Waals surface area contributed by atoms with Gasteiger partial charge in [-0.25, -0.2) is 0 Å². The maximum Gasteiger partial charge on any atom is 0.255 e. The fourth-order valence-electron chi connectivity index (χ4n) is 3.60. The van der Waals surface area contributed by atoms with Crippen molar-refractivity contribution in [3.63, 3.8) is 0 Å². The second-order valence-corrected chi connectivity index (χ2v) is 7.66. The van der Waals surface area contributed by atoms with Gasteiger partial charge in [-0.15, -0.1) is 0 Å². The average molecular weight is 383 g/mol. The summed E-state index contributed by atoms with van der Waals surface area (Å²) in [5.74, 6) is 0.659. The SMILES string of the molecule is Cc1ccc(CN2CCC(Oc3cc4cc[nH]c(=O)c4cc3Cl)CC2)cc1. The van der Waals surface area contributed by atoms with Crippen LogP contribution in [0.4, 0.5) is 0 Å². The number of aryl methyl sites for hydroxylation is 1. The smallest absolute Gasteiger partial charge is 0.255 e. The summed E-state index contributed by atoms with van der Waals surface area (Å²) in [6.07, 6.45) is 3.73. The maximum atomic E-state index is 11.9. The van der Waals surface area contributed by atoms with E-state index < -0.39 is 0 Å². The lowest BCUT2D eigenvalue weighted by Crippen LogP contribution is -2.37. The molecule has 1 saturated heterocycles. The molecule has 0 radical (unpaired) electrons. The quantitative estimate of drug-likeness (QED) is 0.720. The van der Waals surface area contributed by atoms with Gasteiger partial charge in [0, 0.05) is 31.2 Å². The second-order valence-electron chi connectivity index (χ2n) is 7.26. The number of hydrogen-bond acceptors (Lipinski definition) is 3. The number of H-pyrrole nitrogens is 1. The number of benzene rings is 2. The van der Waals surface area contributed by atoms with Gasteiger partial charge in [0.1, 0.15) is 11.9 Å². The zero-order valence-corrected chi connectivity index (χ0v) is 16.1. The summed E-state index contributed by atoms with van der Waals surface area (Å²) in [7, 11) is 0. The summed E-state index contributed by atoms with van der Waals surface area (Å²) in [4.78, 5) is 17.0. The van der Waals surface area contributed by atoms with E-state index in [1.54, 1.807) is 12.3 Å². The Morgan fingerprint density at radius 3 is 2.63 bits per heavy atom. The van der Waals surface area contributed by atoms with E-state index in [4.69, 9.17) is 16.3 Å². The normalized spacial score (nSPS) is 15.9. The summed E-state index contributed by atoms with van der Waals surface area (Å²) >= 11 is 6.35. The van der Waals surface area contributed by atoms with Crippen molar-refractivity contribution in [1.82, 2.24) is 9.88 Å². The van der Waals surface area contributed by atoms with Gasteiger partial charge >= 0.3 is 0 Å². The van der Waals surface area contributed by atoms with Crippen molar-refractivity contribution >= 4 is 22.4 Å². The van der Waals surface area contributed by atoms with E-state index in [1.165, 1.54) is 11.1 Å². The average Bonchev–Trinajstić information content (AvgIpc) is 2.67. The van der Waals surface area contributed by atoms with Crippen LogP contribution in [-0.2, 0) is 6.54 Å². The summed E-state index contributed by atoms with van der Waals surface area (Å²) < 4.78 is 6.18. The van der Waals surface area contributed by atoms with Crippen molar-refractivity contribution in [2.24, 2.45) is 0 Å². The lowest BCUT2D eigenvalue weighted by molar-refractivity contribution is 0.0970. The minimum absolute atomic E-state index is 0.134. The zero-order valence-electron chi connectivity index (χ0n) is 15.4. The minimum atomic E-state index is -0.134. The molecule has 0 unspecified atom stereocenters. The van der Waals surface area contributed by atoms with Crippen molar-refractivity contribution in [3.8, 4) is 5.75 Å². The Morgan fingerprint density at radius 1 is 1.15 bits per heavy atom. The van der Waals surface area contributed by atoms with Gasteiger partial charge in [0.2, 0.25) is 0 Å². The van der Waals surface area contributed by atoms with Crippen molar-refractivity contribution in [3.05, 3.63) is 75.2 Å². The summed E-state index contributed by atoms with van der Waals surface area (Å²) in [6, 6.07) is 14.2. The number of hydrogen-bond donors (Lipinski definition) is 1. The van der Waals surface area contributed by atoms with Crippen LogP contribution in [0.2, 0.25) is 5.02 Å². The van der Waals surface area contributed by atoms with E-state index in [-0.39, 0.29) is 11.7 Å². The molecule has 0 bridgehead atoms. The fraction of sp³-hybridized carbons (Fsp3) is 0.318. The number of rotatable bonds is 4. The molecule has 140 valence electrons. The maximum absolute atomic E-state index is 11.9.